The zero-order valence-corrected chi connectivity index (χ0v) is 18.7. The number of halogens is 2. The summed E-state index contributed by atoms with van der Waals surface area (Å²) in [4.78, 5) is 31.6. The molecule has 172 valence electrons. The molecule has 3 rings (SSSR count). The van der Waals surface area contributed by atoms with Crippen LogP contribution in [0.4, 0.5) is 13.6 Å². The van der Waals surface area contributed by atoms with Crippen molar-refractivity contribution < 1.29 is 18.7 Å². The van der Waals surface area contributed by atoms with Crippen LogP contribution >= 0.6 is 0 Å². The van der Waals surface area contributed by atoms with Crippen molar-refractivity contribution in [3.63, 3.8) is 0 Å². The van der Waals surface area contributed by atoms with Gasteiger partial charge in [0, 0.05) is 11.1 Å². The molecule has 0 bridgehead atoms. The Morgan fingerprint density at radius 1 is 1.24 bits per heavy atom. The Bertz CT molecular complexity index is 1310. The Morgan fingerprint density at radius 2 is 1.91 bits per heavy atom. The number of fused-ring (bicyclic) bond motifs is 1. The van der Waals surface area contributed by atoms with Crippen LogP contribution in [-0.2, 0) is 0 Å². The number of amides is 1. The summed E-state index contributed by atoms with van der Waals surface area (Å²) in [5.41, 5.74) is -1.50. The molecule has 0 spiro atoms. The first kappa shape index (κ1) is 23.9. The Labute approximate surface area is 189 Å². The molecular formula is C24H24F2N4O3. The predicted molar refractivity (Wildman–Crippen MR) is 120 cm³/mol. The van der Waals surface area contributed by atoms with E-state index in [0.29, 0.717) is 0 Å². The highest BCUT2D eigenvalue weighted by atomic mass is 19.3. The number of carbonyl (C=O) groups is 1. The fourth-order valence-corrected chi connectivity index (χ4v) is 4.01. The number of rotatable bonds is 5. The number of nitriles is 1. The Hall–Kier alpha value is -3.80. The van der Waals surface area contributed by atoms with Gasteiger partial charge in [-0.25, -0.2) is 18.6 Å². The molecule has 7 nitrogen and oxygen atoms in total. The maximum atomic E-state index is 13.7. The lowest BCUT2D eigenvalue weighted by molar-refractivity contribution is 0.0646. The van der Waals surface area contributed by atoms with Crippen LogP contribution in [0.15, 0.2) is 47.3 Å². The lowest BCUT2D eigenvalue weighted by Crippen LogP contribution is -2.48. The van der Waals surface area contributed by atoms with Gasteiger partial charge in [0.2, 0.25) is 0 Å². The number of hydrogen-bond donors (Lipinski definition) is 1. The molecule has 0 aliphatic carbocycles. The fourth-order valence-electron chi connectivity index (χ4n) is 4.01. The van der Waals surface area contributed by atoms with Gasteiger partial charge in [0.25, 0.3) is 12.0 Å². The van der Waals surface area contributed by atoms with Gasteiger partial charge in [0.1, 0.15) is 5.82 Å². The molecule has 0 saturated carbocycles. The minimum absolute atomic E-state index is 0.0539. The van der Waals surface area contributed by atoms with Crippen molar-refractivity contribution >= 4 is 17.0 Å². The van der Waals surface area contributed by atoms with Crippen LogP contribution in [0.2, 0.25) is 0 Å². The van der Waals surface area contributed by atoms with Crippen molar-refractivity contribution in [2.24, 2.45) is 0 Å². The minimum Gasteiger partial charge on any atom is -0.465 e. The molecule has 1 aromatic heterocycles. The summed E-state index contributed by atoms with van der Waals surface area (Å²) >= 11 is 0. The van der Waals surface area contributed by atoms with Gasteiger partial charge >= 0.3 is 6.09 Å². The maximum absolute atomic E-state index is 13.7. The van der Waals surface area contributed by atoms with Gasteiger partial charge in [-0.2, -0.15) is 5.26 Å². The van der Waals surface area contributed by atoms with E-state index in [4.69, 9.17) is 0 Å². The molecular weight excluding hydrogens is 430 g/mol. The summed E-state index contributed by atoms with van der Waals surface area (Å²) < 4.78 is 28.6. The molecule has 1 amide bonds. The molecule has 0 aliphatic rings. The van der Waals surface area contributed by atoms with E-state index in [9.17, 15) is 28.7 Å². The second-order valence-corrected chi connectivity index (χ2v) is 8.56. The third-order valence-electron chi connectivity index (χ3n) is 5.35. The second-order valence-electron chi connectivity index (χ2n) is 8.56. The minimum atomic E-state index is -2.90. The molecule has 1 unspecified atom stereocenters. The monoisotopic (exact) mass is 454 g/mol. The first-order valence-corrected chi connectivity index (χ1v) is 10.4. The van der Waals surface area contributed by atoms with E-state index in [-0.39, 0.29) is 34.4 Å². The lowest BCUT2D eigenvalue weighted by atomic mass is 10.0. The Kier molecular flexibility index (Phi) is 6.49. The second kappa shape index (κ2) is 8.98. The van der Waals surface area contributed by atoms with Crippen LogP contribution in [0, 0.1) is 11.3 Å². The van der Waals surface area contributed by atoms with Crippen molar-refractivity contribution in [2.45, 2.75) is 52.1 Å². The molecule has 1 heterocycles. The zero-order valence-electron chi connectivity index (χ0n) is 18.7. The van der Waals surface area contributed by atoms with E-state index in [1.807, 2.05) is 6.07 Å². The van der Waals surface area contributed by atoms with Crippen molar-refractivity contribution in [3.05, 3.63) is 69.8 Å². The Morgan fingerprint density at radius 3 is 2.45 bits per heavy atom. The highest BCUT2D eigenvalue weighted by Gasteiger charge is 2.36. The number of benzene rings is 2. The highest BCUT2D eigenvalue weighted by Crippen LogP contribution is 2.33. The molecule has 2 aromatic carbocycles. The third kappa shape index (κ3) is 4.42. The average molecular weight is 454 g/mol. The third-order valence-corrected chi connectivity index (χ3v) is 5.35. The summed E-state index contributed by atoms with van der Waals surface area (Å²) in [5, 5.41) is 19.1. The number of carboxylic acid groups (broad SMARTS) is 1. The smallest absolute Gasteiger partial charge is 0.408 e. The van der Waals surface area contributed by atoms with Crippen LogP contribution in [0.5, 0.6) is 0 Å². The van der Waals surface area contributed by atoms with Gasteiger partial charge in [-0.15, -0.1) is 0 Å². The summed E-state index contributed by atoms with van der Waals surface area (Å²) in [6.45, 7) is 6.92. The number of nitrogens with zero attached hydrogens (tertiary/aromatic N) is 4. The van der Waals surface area contributed by atoms with Crippen molar-refractivity contribution in [2.75, 3.05) is 0 Å². The maximum Gasteiger partial charge on any atom is 0.408 e. The van der Waals surface area contributed by atoms with E-state index in [0.717, 1.165) is 4.57 Å². The average Bonchev–Trinajstić information content (AvgIpc) is 2.75. The first-order chi connectivity index (χ1) is 15.5. The van der Waals surface area contributed by atoms with Gasteiger partial charge < -0.3 is 5.11 Å². The molecule has 0 radical (unpaired) electrons. The molecule has 33 heavy (non-hydrogen) atoms. The summed E-state index contributed by atoms with van der Waals surface area (Å²) in [5.74, 6) is 0.0915. The molecule has 9 heteroatoms. The molecule has 0 aliphatic heterocycles. The van der Waals surface area contributed by atoms with Crippen LogP contribution in [0.1, 0.15) is 63.5 Å². The van der Waals surface area contributed by atoms with Crippen LogP contribution in [0.3, 0.4) is 0 Å². The van der Waals surface area contributed by atoms with Gasteiger partial charge in [-0.1, -0.05) is 25.1 Å². The van der Waals surface area contributed by atoms with Gasteiger partial charge in [0.15, 0.2) is 0 Å². The Balaban J connectivity index is 2.49. The molecule has 3 aromatic rings. The van der Waals surface area contributed by atoms with Crippen molar-refractivity contribution in [1.29, 1.82) is 5.26 Å². The first-order valence-electron chi connectivity index (χ1n) is 10.4. The van der Waals surface area contributed by atoms with E-state index in [1.54, 1.807) is 45.9 Å². The molecule has 0 saturated heterocycles. The highest BCUT2D eigenvalue weighted by molar-refractivity contribution is 5.82. The predicted octanol–water partition coefficient (Wildman–Crippen LogP) is 5.42. The number of hydrogen-bond acceptors (Lipinski definition) is 4. The summed E-state index contributed by atoms with van der Waals surface area (Å²) in [7, 11) is 0. The van der Waals surface area contributed by atoms with E-state index in [2.05, 4.69) is 4.98 Å². The van der Waals surface area contributed by atoms with Crippen molar-refractivity contribution in [3.8, 4) is 11.8 Å². The van der Waals surface area contributed by atoms with Crippen molar-refractivity contribution in [1.82, 2.24) is 14.5 Å². The van der Waals surface area contributed by atoms with Gasteiger partial charge in [0.05, 0.1) is 34.3 Å². The zero-order chi connectivity index (χ0) is 24.5. The van der Waals surface area contributed by atoms with Gasteiger partial charge in [-0.05, 0) is 51.5 Å². The fraction of sp³-hybridized carbons (Fsp3) is 0.333. The van der Waals surface area contributed by atoms with Crippen LogP contribution < -0.4 is 5.56 Å². The van der Waals surface area contributed by atoms with E-state index >= 15 is 0 Å². The number of alkyl halides is 2. The van der Waals surface area contributed by atoms with E-state index < -0.39 is 35.2 Å². The largest absolute Gasteiger partial charge is 0.465 e. The lowest BCUT2D eigenvalue weighted by Gasteiger charge is -2.39. The van der Waals surface area contributed by atoms with Crippen LogP contribution in [0.25, 0.3) is 16.6 Å². The van der Waals surface area contributed by atoms with E-state index in [1.165, 1.54) is 29.2 Å². The summed E-state index contributed by atoms with van der Waals surface area (Å²) in [6, 6.07) is 11.2. The standard InChI is InChI=1S/C24H24F2N4O3/c1-5-18(30(23(32)33)24(2,3)4)21-28-17-11-7-10-16(20(25)26)19(17)22(31)29(21)15-9-6-8-14(12-15)13-27/h6-12,18,20H,5H2,1-4H3,(H,32,33). The molecule has 1 atom stereocenters. The quantitative estimate of drug-likeness (QED) is 0.555. The molecule has 0 fully saturated rings. The van der Waals surface area contributed by atoms with Gasteiger partial charge in [-0.3, -0.25) is 14.3 Å². The summed E-state index contributed by atoms with van der Waals surface area (Å²) in [6.07, 6.45) is -3.84. The number of aromatic nitrogens is 2. The topological polar surface area (TPSA) is 99.2 Å². The molecule has 1 N–H and O–H groups in total. The SMILES string of the molecule is CCC(c1nc2cccc(C(F)F)c2c(=O)n1-c1cccc(C#N)c1)N(C(=O)O)C(C)(C)C. The normalized spacial score (nSPS) is 12.5. The van der Waals surface area contributed by atoms with Crippen LogP contribution in [-0.4, -0.2) is 31.2 Å².